The van der Waals surface area contributed by atoms with E-state index in [4.69, 9.17) is 4.74 Å². The van der Waals surface area contributed by atoms with Gasteiger partial charge >= 0.3 is 12.0 Å². The minimum Gasteiger partial charge on any atom is -0.451 e. The molecule has 1 heterocycles. The standard InChI is InChI=1S/C17H24N2O4S/c1-11(2)18-17(22)19-15(20)10-23-16(21)14-9-12-7-5-3-4-6-8-13(12)24-14/h9,11H,3-8,10H2,1-2H3,(H2,18,19,20,22). The maximum atomic E-state index is 12.1. The van der Waals surface area contributed by atoms with Gasteiger partial charge in [-0.3, -0.25) is 10.1 Å². The number of urea groups is 1. The molecule has 0 bridgehead atoms. The van der Waals surface area contributed by atoms with E-state index in [0.29, 0.717) is 4.88 Å². The molecule has 3 amide bonds. The Kier molecular flexibility index (Phi) is 6.78. The number of rotatable bonds is 4. The van der Waals surface area contributed by atoms with Crippen LogP contribution >= 0.6 is 11.3 Å². The Balaban J connectivity index is 1.85. The summed E-state index contributed by atoms with van der Waals surface area (Å²) >= 11 is 1.45. The van der Waals surface area contributed by atoms with Gasteiger partial charge in [0, 0.05) is 10.9 Å². The Labute approximate surface area is 146 Å². The third-order valence-corrected chi connectivity index (χ3v) is 4.92. The van der Waals surface area contributed by atoms with Crippen molar-refractivity contribution in [2.75, 3.05) is 6.61 Å². The predicted octanol–water partition coefficient (Wildman–Crippen LogP) is 2.80. The van der Waals surface area contributed by atoms with Crippen LogP contribution in [0.4, 0.5) is 4.79 Å². The van der Waals surface area contributed by atoms with Crippen molar-refractivity contribution in [3.63, 3.8) is 0 Å². The van der Waals surface area contributed by atoms with Crippen LogP contribution in [0, 0.1) is 0 Å². The van der Waals surface area contributed by atoms with E-state index < -0.39 is 24.5 Å². The fourth-order valence-corrected chi connectivity index (χ4v) is 3.76. The number of ether oxygens (including phenoxy) is 1. The highest BCUT2D eigenvalue weighted by Crippen LogP contribution is 2.28. The number of nitrogens with one attached hydrogen (secondary N) is 2. The first-order valence-electron chi connectivity index (χ1n) is 8.34. The molecule has 1 aliphatic rings. The molecule has 1 aliphatic carbocycles. The summed E-state index contributed by atoms with van der Waals surface area (Å²) < 4.78 is 5.02. The summed E-state index contributed by atoms with van der Waals surface area (Å²) in [6, 6.07) is 1.22. The minimum atomic E-state index is -0.642. The fourth-order valence-electron chi connectivity index (χ4n) is 2.61. The molecule has 0 spiro atoms. The van der Waals surface area contributed by atoms with Crippen LogP contribution in [0.15, 0.2) is 6.07 Å². The van der Waals surface area contributed by atoms with Gasteiger partial charge in [-0.25, -0.2) is 9.59 Å². The summed E-state index contributed by atoms with van der Waals surface area (Å²) in [5, 5.41) is 4.65. The van der Waals surface area contributed by atoms with Crippen molar-refractivity contribution in [3.8, 4) is 0 Å². The van der Waals surface area contributed by atoms with Gasteiger partial charge in [0.15, 0.2) is 6.61 Å². The van der Waals surface area contributed by atoms with Crippen LogP contribution < -0.4 is 10.6 Å². The van der Waals surface area contributed by atoms with E-state index in [1.165, 1.54) is 34.6 Å². The molecule has 0 unspecified atom stereocenters. The average Bonchev–Trinajstić information content (AvgIpc) is 2.86. The van der Waals surface area contributed by atoms with Crippen LogP contribution in [-0.2, 0) is 22.4 Å². The second-order valence-corrected chi connectivity index (χ2v) is 7.36. The van der Waals surface area contributed by atoms with Crippen molar-refractivity contribution >= 4 is 29.2 Å². The Hall–Kier alpha value is -1.89. The number of imide groups is 1. The lowest BCUT2D eigenvalue weighted by atomic mass is 10.00. The van der Waals surface area contributed by atoms with E-state index in [9.17, 15) is 14.4 Å². The van der Waals surface area contributed by atoms with Crippen LogP contribution in [0.5, 0.6) is 0 Å². The molecule has 132 valence electrons. The Morgan fingerprint density at radius 2 is 1.88 bits per heavy atom. The highest BCUT2D eigenvalue weighted by molar-refractivity contribution is 7.14. The monoisotopic (exact) mass is 352 g/mol. The molecule has 2 N–H and O–H groups in total. The highest BCUT2D eigenvalue weighted by Gasteiger charge is 2.18. The predicted molar refractivity (Wildman–Crippen MR) is 92.3 cm³/mol. The summed E-state index contributed by atoms with van der Waals surface area (Å²) in [6.45, 7) is 3.10. The zero-order valence-electron chi connectivity index (χ0n) is 14.1. The number of hydrogen-bond donors (Lipinski definition) is 2. The quantitative estimate of drug-likeness (QED) is 0.816. The summed E-state index contributed by atoms with van der Waals surface area (Å²) in [6.07, 6.45) is 6.75. The van der Waals surface area contributed by atoms with Crippen molar-refractivity contribution in [2.24, 2.45) is 0 Å². The molecule has 2 rings (SSSR count). The number of fused-ring (bicyclic) bond motifs is 1. The lowest BCUT2D eigenvalue weighted by molar-refractivity contribution is -0.123. The molecule has 24 heavy (non-hydrogen) atoms. The van der Waals surface area contributed by atoms with E-state index in [2.05, 4.69) is 10.6 Å². The number of esters is 1. The lowest BCUT2D eigenvalue weighted by Gasteiger charge is -2.09. The van der Waals surface area contributed by atoms with Crippen molar-refractivity contribution in [3.05, 3.63) is 21.4 Å². The first-order chi connectivity index (χ1) is 11.5. The second kappa shape index (κ2) is 8.82. The van der Waals surface area contributed by atoms with Crippen molar-refractivity contribution < 1.29 is 19.1 Å². The zero-order valence-corrected chi connectivity index (χ0v) is 15.0. The number of amides is 3. The van der Waals surface area contributed by atoms with Gasteiger partial charge in [-0.05, 0) is 51.2 Å². The van der Waals surface area contributed by atoms with Gasteiger partial charge in [0.2, 0.25) is 0 Å². The third kappa shape index (κ3) is 5.63. The molecule has 0 saturated heterocycles. The molecule has 7 heteroatoms. The van der Waals surface area contributed by atoms with Gasteiger partial charge in [-0.15, -0.1) is 11.3 Å². The smallest absolute Gasteiger partial charge is 0.348 e. The number of hydrogen-bond acceptors (Lipinski definition) is 5. The molecule has 0 fully saturated rings. The van der Waals surface area contributed by atoms with Crippen molar-refractivity contribution in [2.45, 2.75) is 58.4 Å². The zero-order chi connectivity index (χ0) is 17.5. The van der Waals surface area contributed by atoms with Crippen LogP contribution in [0.2, 0.25) is 0 Å². The molecule has 0 saturated carbocycles. The molecular formula is C17H24N2O4S. The van der Waals surface area contributed by atoms with E-state index >= 15 is 0 Å². The number of carbonyl (C=O) groups excluding carboxylic acids is 3. The van der Waals surface area contributed by atoms with E-state index in [0.717, 1.165) is 25.7 Å². The Bertz CT molecular complexity index is 584. The largest absolute Gasteiger partial charge is 0.451 e. The molecule has 0 radical (unpaired) electrons. The SMILES string of the molecule is CC(C)NC(=O)NC(=O)COC(=O)c1cc2c(s1)CCCCCC2. The van der Waals surface area contributed by atoms with E-state index in [1.54, 1.807) is 13.8 Å². The van der Waals surface area contributed by atoms with E-state index in [-0.39, 0.29) is 6.04 Å². The van der Waals surface area contributed by atoms with Gasteiger partial charge in [0.1, 0.15) is 4.88 Å². The lowest BCUT2D eigenvalue weighted by Crippen LogP contribution is -2.44. The fraction of sp³-hybridized carbons (Fsp3) is 0.588. The van der Waals surface area contributed by atoms with Gasteiger partial charge in [-0.2, -0.15) is 0 Å². The molecule has 1 aromatic heterocycles. The molecule has 0 aliphatic heterocycles. The van der Waals surface area contributed by atoms with Crippen LogP contribution in [0.3, 0.4) is 0 Å². The van der Waals surface area contributed by atoms with Crippen molar-refractivity contribution in [1.29, 1.82) is 0 Å². The van der Waals surface area contributed by atoms with Gasteiger partial charge in [-0.1, -0.05) is 12.8 Å². The van der Waals surface area contributed by atoms with Crippen LogP contribution in [0.1, 0.15) is 59.6 Å². The molecule has 0 atom stereocenters. The summed E-state index contributed by atoms with van der Waals surface area (Å²) in [4.78, 5) is 36.9. The van der Waals surface area contributed by atoms with Crippen LogP contribution in [-0.4, -0.2) is 30.6 Å². The van der Waals surface area contributed by atoms with Gasteiger partial charge < -0.3 is 10.1 Å². The first kappa shape index (κ1) is 18.4. The average molecular weight is 352 g/mol. The third-order valence-electron chi connectivity index (χ3n) is 3.70. The van der Waals surface area contributed by atoms with Gasteiger partial charge in [0.05, 0.1) is 0 Å². The van der Waals surface area contributed by atoms with E-state index in [1.807, 2.05) is 6.07 Å². The summed E-state index contributed by atoms with van der Waals surface area (Å²) in [5.41, 5.74) is 1.23. The highest BCUT2D eigenvalue weighted by atomic mass is 32.1. The molecule has 1 aromatic rings. The topological polar surface area (TPSA) is 84.5 Å². The Morgan fingerprint density at radius 3 is 2.58 bits per heavy atom. The van der Waals surface area contributed by atoms with Gasteiger partial charge in [0.25, 0.3) is 5.91 Å². The maximum Gasteiger partial charge on any atom is 0.348 e. The molecule has 6 nitrogen and oxygen atoms in total. The number of aryl methyl sites for hydroxylation is 2. The summed E-state index contributed by atoms with van der Waals surface area (Å²) in [7, 11) is 0. The van der Waals surface area contributed by atoms with Crippen LogP contribution in [0.25, 0.3) is 0 Å². The second-order valence-electron chi connectivity index (χ2n) is 6.23. The minimum absolute atomic E-state index is 0.0778. The number of thiophene rings is 1. The maximum absolute atomic E-state index is 12.1. The Morgan fingerprint density at radius 1 is 1.17 bits per heavy atom. The summed E-state index contributed by atoms with van der Waals surface area (Å²) in [5.74, 6) is -1.15. The normalized spacial score (nSPS) is 14.3. The molecule has 0 aromatic carbocycles. The number of carbonyl (C=O) groups is 3. The first-order valence-corrected chi connectivity index (χ1v) is 9.16. The van der Waals surface area contributed by atoms with Crippen molar-refractivity contribution in [1.82, 2.24) is 10.6 Å². The molecular weight excluding hydrogens is 328 g/mol.